The van der Waals surface area contributed by atoms with Gasteiger partial charge < -0.3 is 14.9 Å². The van der Waals surface area contributed by atoms with E-state index in [1.165, 1.54) is 12.3 Å². The molecule has 6 nitrogen and oxygen atoms in total. The molecule has 1 aromatic heterocycles. The van der Waals surface area contributed by atoms with Crippen LogP contribution < -0.4 is 4.74 Å². The number of carbonyl (C=O) groups is 1. The minimum Gasteiger partial charge on any atom is -0.504 e. The number of aromatic hydroxyl groups is 1. The Morgan fingerprint density at radius 3 is 2.88 bits per heavy atom. The molecule has 0 amide bonds. The average molecular weight is 234 g/mol. The number of carboxylic acid groups (broad SMARTS) is 1. The van der Waals surface area contributed by atoms with Crippen molar-refractivity contribution in [2.75, 3.05) is 0 Å². The number of phenolic OH excluding ortho intramolecular Hbond substituents is 1. The van der Waals surface area contributed by atoms with E-state index in [1.807, 2.05) is 0 Å². The van der Waals surface area contributed by atoms with Crippen LogP contribution in [0.2, 0.25) is 0 Å². The Morgan fingerprint density at radius 1 is 1.41 bits per heavy atom. The number of hydrogen-bond acceptors (Lipinski definition) is 4. The third-order valence-corrected chi connectivity index (χ3v) is 2.19. The van der Waals surface area contributed by atoms with Gasteiger partial charge in [0.05, 0.1) is 11.9 Å². The van der Waals surface area contributed by atoms with Crippen molar-refractivity contribution in [3.8, 4) is 11.5 Å². The predicted molar refractivity (Wildman–Crippen MR) is 58.0 cm³/mol. The first kappa shape index (κ1) is 11.0. The third kappa shape index (κ3) is 2.36. The molecule has 0 bridgehead atoms. The van der Waals surface area contributed by atoms with Crippen LogP contribution in [0, 0.1) is 0 Å². The van der Waals surface area contributed by atoms with E-state index in [1.54, 1.807) is 18.2 Å². The Labute approximate surface area is 96.5 Å². The van der Waals surface area contributed by atoms with Crippen LogP contribution >= 0.6 is 0 Å². The predicted octanol–water partition coefficient (Wildman–Crippen LogP) is 1.39. The minimum atomic E-state index is -1.07. The van der Waals surface area contributed by atoms with E-state index < -0.39 is 5.97 Å². The van der Waals surface area contributed by atoms with E-state index in [-0.39, 0.29) is 17.9 Å². The van der Waals surface area contributed by atoms with Crippen LogP contribution in [0.1, 0.15) is 16.1 Å². The summed E-state index contributed by atoms with van der Waals surface area (Å²) in [7, 11) is 0. The number of hydrogen-bond donors (Lipinski definition) is 3. The van der Waals surface area contributed by atoms with Gasteiger partial charge in [0.2, 0.25) is 0 Å². The summed E-state index contributed by atoms with van der Waals surface area (Å²) >= 11 is 0. The SMILES string of the molecule is O=C(O)c1cn[nH]c1COc1ccccc1O. The molecular weight excluding hydrogens is 224 g/mol. The number of aromatic carboxylic acids is 1. The molecule has 0 aliphatic heterocycles. The van der Waals surface area contributed by atoms with Crippen LogP contribution in [0.15, 0.2) is 30.5 Å². The highest BCUT2D eigenvalue weighted by Gasteiger charge is 2.13. The summed E-state index contributed by atoms with van der Waals surface area (Å²) in [6.45, 7) is -0.000787. The number of ether oxygens (including phenoxy) is 1. The Bertz CT molecular complexity index is 536. The number of rotatable bonds is 4. The van der Waals surface area contributed by atoms with E-state index in [2.05, 4.69) is 10.2 Å². The smallest absolute Gasteiger partial charge is 0.339 e. The lowest BCUT2D eigenvalue weighted by molar-refractivity contribution is 0.0694. The number of nitrogens with one attached hydrogen (secondary N) is 1. The topological polar surface area (TPSA) is 95.4 Å². The molecule has 0 aliphatic rings. The molecule has 0 unspecified atom stereocenters. The largest absolute Gasteiger partial charge is 0.504 e. The van der Waals surface area contributed by atoms with Gasteiger partial charge in [-0.3, -0.25) is 5.10 Å². The zero-order valence-electron chi connectivity index (χ0n) is 8.75. The van der Waals surface area contributed by atoms with Crippen LogP contribution in [0.4, 0.5) is 0 Å². The van der Waals surface area contributed by atoms with Crippen molar-refractivity contribution in [1.82, 2.24) is 10.2 Å². The number of carboxylic acids is 1. The van der Waals surface area contributed by atoms with Gasteiger partial charge in [0.25, 0.3) is 0 Å². The second-order valence-electron chi connectivity index (χ2n) is 3.32. The molecular formula is C11H10N2O4. The maximum Gasteiger partial charge on any atom is 0.339 e. The van der Waals surface area contributed by atoms with Gasteiger partial charge >= 0.3 is 5.97 Å². The van der Waals surface area contributed by atoms with Crippen molar-refractivity contribution in [2.45, 2.75) is 6.61 Å². The number of aromatic nitrogens is 2. The molecule has 0 aliphatic carbocycles. The van der Waals surface area contributed by atoms with Crippen LogP contribution in [0.25, 0.3) is 0 Å². The molecule has 0 atom stereocenters. The second-order valence-corrected chi connectivity index (χ2v) is 3.32. The normalized spacial score (nSPS) is 10.1. The summed E-state index contributed by atoms with van der Waals surface area (Å²) in [5.74, 6) is -0.781. The standard InChI is InChI=1S/C11H10N2O4/c14-9-3-1-2-4-10(9)17-6-8-7(11(15)16)5-12-13-8/h1-5,14H,6H2,(H,12,13)(H,15,16). The number of H-pyrrole nitrogens is 1. The number of nitrogens with zero attached hydrogens (tertiary/aromatic N) is 1. The van der Waals surface area contributed by atoms with Gasteiger partial charge in [-0.15, -0.1) is 0 Å². The molecule has 2 rings (SSSR count). The first-order chi connectivity index (χ1) is 8.18. The summed E-state index contributed by atoms with van der Waals surface area (Å²) in [5.41, 5.74) is 0.404. The molecule has 1 aromatic carbocycles. The molecule has 2 aromatic rings. The summed E-state index contributed by atoms with van der Waals surface area (Å²) in [6, 6.07) is 6.45. The van der Waals surface area contributed by atoms with E-state index in [0.29, 0.717) is 11.4 Å². The Hall–Kier alpha value is -2.50. The summed E-state index contributed by atoms with van der Waals surface area (Å²) < 4.78 is 5.29. The number of benzene rings is 1. The van der Waals surface area contributed by atoms with Crippen molar-refractivity contribution < 1.29 is 19.7 Å². The van der Waals surface area contributed by atoms with Gasteiger partial charge in [0.15, 0.2) is 11.5 Å². The van der Waals surface area contributed by atoms with Crippen molar-refractivity contribution in [3.05, 3.63) is 41.7 Å². The fraction of sp³-hybridized carbons (Fsp3) is 0.0909. The molecule has 0 fully saturated rings. The molecule has 17 heavy (non-hydrogen) atoms. The van der Waals surface area contributed by atoms with Crippen molar-refractivity contribution in [2.24, 2.45) is 0 Å². The Kier molecular flexibility index (Phi) is 2.95. The molecule has 0 spiro atoms. The van der Waals surface area contributed by atoms with Gasteiger partial charge in [0, 0.05) is 0 Å². The highest BCUT2D eigenvalue weighted by Crippen LogP contribution is 2.25. The van der Waals surface area contributed by atoms with Gasteiger partial charge in [-0.1, -0.05) is 12.1 Å². The molecule has 3 N–H and O–H groups in total. The average Bonchev–Trinajstić information content (AvgIpc) is 2.76. The molecule has 0 radical (unpaired) electrons. The van der Waals surface area contributed by atoms with Crippen LogP contribution in [0.5, 0.6) is 11.5 Å². The maximum atomic E-state index is 10.8. The highest BCUT2D eigenvalue weighted by atomic mass is 16.5. The van der Waals surface area contributed by atoms with Crippen LogP contribution in [-0.4, -0.2) is 26.4 Å². The Morgan fingerprint density at radius 2 is 2.18 bits per heavy atom. The minimum absolute atomic E-state index is 0.000787. The third-order valence-electron chi connectivity index (χ3n) is 2.19. The monoisotopic (exact) mass is 234 g/mol. The molecule has 6 heteroatoms. The van der Waals surface area contributed by atoms with E-state index in [9.17, 15) is 9.90 Å². The fourth-order valence-corrected chi connectivity index (χ4v) is 1.34. The zero-order valence-corrected chi connectivity index (χ0v) is 8.75. The quantitative estimate of drug-likeness (QED) is 0.743. The molecule has 0 saturated heterocycles. The fourth-order valence-electron chi connectivity index (χ4n) is 1.34. The lowest BCUT2D eigenvalue weighted by Gasteiger charge is -2.06. The van der Waals surface area contributed by atoms with Crippen molar-refractivity contribution >= 4 is 5.97 Å². The molecule has 1 heterocycles. The lowest BCUT2D eigenvalue weighted by atomic mass is 10.2. The highest BCUT2D eigenvalue weighted by molar-refractivity contribution is 5.88. The number of aromatic amines is 1. The molecule has 0 saturated carbocycles. The first-order valence-electron chi connectivity index (χ1n) is 4.85. The Balaban J connectivity index is 2.10. The van der Waals surface area contributed by atoms with E-state index in [4.69, 9.17) is 9.84 Å². The summed E-state index contributed by atoms with van der Waals surface area (Å²) in [4.78, 5) is 10.8. The van der Waals surface area contributed by atoms with E-state index >= 15 is 0 Å². The molecule has 88 valence electrons. The zero-order chi connectivity index (χ0) is 12.3. The van der Waals surface area contributed by atoms with Crippen LogP contribution in [-0.2, 0) is 6.61 Å². The first-order valence-corrected chi connectivity index (χ1v) is 4.85. The second kappa shape index (κ2) is 4.56. The van der Waals surface area contributed by atoms with Crippen LogP contribution in [0.3, 0.4) is 0 Å². The number of phenols is 1. The van der Waals surface area contributed by atoms with E-state index in [0.717, 1.165) is 0 Å². The van der Waals surface area contributed by atoms with Gasteiger partial charge in [-0.05, 0) is 12.1 Å². The summed E-state index contributed by atoms with van der Waals surface area (Å²) in [5, 5.41) is 24.5. The summed E-state index contributed by atoms with van der Waals surface area (Å²) in [6.07, 6.45) is 1.21. The van der Waals surface area contributed by atoms with Gasteiger partial charge in [-0.2, -0.15) is 5.10 Å². The van der Waals surface area contributed by atoms with Crippen molar-refractivity contribution in [1.29, 1.82) is 0 Å². The van der Waals surface area contributed by atoms with Gasteiger partial charge in [-0.25, -0.2) is 4.79 Å². The number of para-hydroxylation sites is 2. The maximum absolute atomic E-state index is 10.8. The van der Waals surface area contributed by atoms with Crippen molar-refractivity contribution in [3.63, 3.8) is 0 Å². The lowest BCUT2D eigenvalue weighted by Crippen LogP contribution is -2.04. The van der Waals surface area contributed by atoms with Gasteiger partial charge in [0.1, 0.15) is 12.2 Å².